The molecule has 2 fully saturated rings. The van der Waals surface area contributed by atoms with Crippen LogP contribution in [0, 0.1) is 11.3 Å². The number of carbonyl (C=O) groups is 2. The summed E-state index contributed by atoms with van der Waals surface area (Å²) in [4.78, 5) is 23.7. The summed E-state index contributed by atoms with van der Waals surface area (Å²) in [5.74, 6) is -0.805. The van der Waals surface area contributed by atoms with Crippen molar-refractivity contribution in [2.24, 2.45) is 11.3 Å². The van der Waals surface area contributed by atoms with Crippen molar-refractivity contribution < 1.29 is 19.4 Å². The third kappa shape index (κ3) is 1.94. The lowest BCUT2D eigenvalue weighted by atomic mass is 9.57. The molecule has 1 aliphatic carbocycles. The summed E-state index contributed by atoms with van der Waals surface area (Å²) < 4.78 is 5.69. The van der Waals surface area contributed by atoms with Crippen molar-refractivity contribution in [3.63, 3.8) is 0 Å². The maximum absolute atomic E-state index is 12.2. The second-order valence-electron chi connectivity index (χ2n) is 5.99. The monoisotopic (exact) mass is 295 g/mol. The maximum Gasteiger partial charge on any atom is 0.345 e. The smallest absolute Gasteiger partial charge is 0.345 e. The lowest BCUT2D eigenvalue weighted by molar-refractivity contribution is -0.108. The number of carbonyl (C=O) groups excluding carboxylic acids is 1. The SMILES string of the molecule is CC1(C)[C@H](NC(=O)c2ccc(C(=O)O)s2)[C@@H]2CCO[C@@H]21. The van der Waals surface area contributed by atoms with Crippen LogP contribution in [0.15, 0.2) is 12.1 Å². The van der Waals surface area contributed by atoms with Gasteiger partial charge in [0.15, 0.2) is 0 Å². The number of rotatable bonds is 3. The minimum atomic E-state index is -0.998. The molecule has 0 bridgehead atoms. The number of carboxylic acids is 1. The molecular formula is C14H17NO4S. The third-order valence-electron chi connectivity index (χ3n) is 4.43. The minimum absolute atomic E-state index is 0.0658. The summed E-state index contributed by atoms with van der Waals surface area (Å²) >= 11 is 1.01. The fraction of sp³-hybridized carbons (Fsp3) is 0.571. The molecule has 0 unspecified atom stereocenters. The molecular weight excluding hydrogens is 278 g/mol. The van der Waals surface area contributed by atoms with Crippen LogP contribution >= 0.6 is 11.3 Å². The molecule has 0 aromatic carbocycles. The summed E-state index contributed by atoms with van der Waals surface area (Å²) in [5, 5.41) is 11.9. The summed E-state index contributed by atoms with van der Waals surface area (Å²) in [6, 6.07) is 3.13. The van der Waals surface area contributed by atoms with E-state index in [-0.39, 0.29) is 28.3 Å². The highest BCUT2D eigenvalue weighted by atomic mass is 32.1. The van der Waals surface area contributed by atoms with Crippen LogP contribution < -0.4 is 5.32 Å². The normalized spacial score (nSPS) is 30.4. The first kappa shape index (κ1) is 13.6. The van der Waals surface area contributed by atoms with Crippen molar-refractivity contribution in [2.75, 3.05) is 6.61 Å². The third-order valence-corrected chi connectivity index (χ3v) is 5.50. The summed E-state index contributed by atoms with van der Waals surface area (Å²) in [5.41, 5.74) is -0.0658. The average molecular weight is 295 g/mol. The summed E-state index contributed by atoms with van der Waals surface area (Å²) in [6.07, 6.45) is 1.20. The molecule has 1 amide bonds. The molecule has 1 aromatic rings. The minimum Gasteiger partial charge on any atom is -0.477 e. The van der Waals surface area contributed by atoms with Crippen molar-refractivity contribution in [3.8, 4) is 0 Å². The maximum atomic E-state index is 12.2. The van der Waals surface area contributed by atoms with E-state index in [1.54, 1.807) is 6.07 Å². The van der Waals surface area contributed by atoms with Gasteiger partial charge in [-0.3, -0.25) is 4.79 Å². The van der Waals surface area contributed by atoms with Gasteiger partial charge in [-0.25, -0.2) is 4.79 Å². The van der Waals surface area contributed by atoms with Gasteiger partial charge in [-0.1, -0.05) is 13.8 Å². The molecule has 2 aliphatic rings. The van der Waals surface area contributed by atoms with Crippen molar-refractivity contribution in [2.45, 2.75) is 32.4 Å². The zero-order valence-corrected chi connectivity index (χ0v) is 12.2. The van der Waals surface area contributed by atoms with E-state index in [0.29, 0.717) is 10.8 Å². The number of carboxylic acid groups (broad SMARTS) is 1. The van der Waals surface area contributed by atoms with Crippen molar-refractivity contribution in [1.82, 2.24) is 5.32 Å². The molecule has 20 heavy (non-hydrogen) atoms. The highest BCUT2D eigenvalue weighted by Crippen LogP contribution is 2.52. The zero-order valence-electron chi connectivity index (χ0n) is 11.4. The van der Waals surface area contributed by atoms with Crippen LogP contribution in [0.4, 0.5) is 0 Å². The molecule has 5 nitrogen and oxygen atoms in total. The van der Waals surface area contributed by atoms with Crippen LogP contribution in [-0.4, -0.2) is 35.7 Å². The number of aromatic carboxylic acids is 1. The molecule has 2 N–H and O–H groups in total. The number of amides is 1. The fourth-order valence-electron chi connectivity index (χ4n) is 3.40. The van der Waals surface area contributed by atoms with Gasteiger partial charge in [0.05, 0.1) is 11.0 Å². The largest absolute Gasteiger partial charge is 0.477 e. The van der Waals surface area contributed by atoms with Crippen LogP contribution in [0.1, 0.15) is 39.6 Å². The first-order valence-electron chi connectivity index (χ1n) is 6.67. The van der Waals surface area contributed by atoms with E-state index >= 15 is 0 Å². The molecule has 0 radical (unpaired) electrons. The van der Waals surface area contributed by atoms with Crippen LogP contribution in [0.3, 0.4) is 0 Å². The van der Waals surface area contributed by atoms with E-state index < -0.39 is 5.97 Å². The van der Waals surface area contributed by atoms with Crippen LogP contribution in [0.2, 0.25) is 0 Å². The van der Waals surface area contributed by atoms with E-state index in [0.717, 1.165) is 24.4 Å². The Bertz CT molecular complexity index is 565. The molecule has 3 atom stereocenters. The average Bonchev–Trinajstić information content (AvgIpc) is 3.03. The van der Waals surface area contributed by atoms with Gasteiger partial charge >= 0.3 is 5.97 Å². The van der Waals surface area contributed by atoms with E-state index in [1.807, 2.05) is 0 Å². The van der Waals surface area contributed by atoms with Crippen LogP contribution in [-0.2, 0) is 4.74 Å². The van der Waals surface area contributed by atoms with Gasteiger partial charge in [-0.2, -0.15) is 0 Å². The number of nitrogens with one attached hydrogen (secondary N) is 1. The highest BCUT2D eigenvalue weighted by molar-refractivity contribution is 7.15. The molecule has 1 saturated heterocycles. The van der Waals surface area contributed by atoms with E-state index in [4.69, 9.17) is 9.84 Å². The topological polar surface area (TPSA) is 75.6 Å². The lowest BCUT2D eigenvalue weighted by Gasteiger charge is -2.54. The molecule has 108 valence electrons. The van der Waals surface area contributed by atoms with Gasteiger partial charge in [0, 0.05) is 24.0 Å². The highest BCUT2D eigenvalue weighted by Gasteiger charge is 2.59. The van der Waals surface area contributed by atoms with Crippen molar-refractivity contribution in [3.05, 3.63) is 21.9 Å². The second-order valence-corrected chi connectivity index (χ2v) is 7.07. The predicted octanol–water partition coefficient (Wildman–Crippen LogP) is 1.99. The molecule has 0 spiro atoms. The van der Waals surface area contributed by atoms with E-state index in [1.165, 1.54) is 6.07 Å². The first-order valence-corrected chi connectivity index (χ1v) is 7.48. The number of hydrogen-bond acceptors (Lipinski definition) is 4. The number of thiophene rings is 1. The van der Waals surface area contributed by atoms with Crippen LogP contribution in [0.5, 0.6) is 0 Å². The Kier molecular flexibility index (Phi) is 3.10. The Morgan fingerprint density at radius 1 is 1.40 bits per heavy atom. The van der Waals surface area contributed by atoms with E-state index in [2.05, 4.69) is 19.2 Å². The number of hydrogen-bond donors (Lipinski definition) is 2. The van der Waals surface area contributed by atoms with Gasteiger partial charge in [-0.15, -0.1) is 11.3 Å². The Balaban J connectivity index is 1.71. The van der Waals surface area contributed by atoms with Gasteiger partial charge in [-0.05, 0) is 18.6 Å². The second kappa shape index (κ2) is 4.56. The Hall–Kier alpha value is -1.40. The first-order chi connectivity index (χ1) is 9.41. The van der Waals surface area contributed by atoms with Crippen LogP contribution in [0.25, 0.3) is 0 Å². The molecule has 1 aliphatic heterocycles. The molecule has 1 aromatic heterocycles. The molecule has 2 heterocycles. The Labute approximate surface area is 120 Å². The quantitative estimate of drug-likeness (QED) is 0.894. The summed E-state index contributed by atoms with van der Waals surface area (Å²) in [7, 11) is 0. The number of ether oxygens (including phenoxy) is 1. The van der Waals surface area contributed by atoms with Gasteiger partial charge in [0.2, 0.25) is 0 Å². The number of fused-ring (bicyclic) bond motifs is 1. The lowest BCUT2D eigenvalue weighted by Crippen LogP contribution is -2.66. The standard InChI is InChI=1S/C14H17NO4S/c1-14(2)10(7-5-6-19-11(7)14)15-12(16)8-3-4-9(20-8)13(17)18/h3-4,7,10-11H,5-6H2,1-2H3,(H,15,16)(H,17,18)/t7-,10+,11-/m0/s1. The predicted molar refractivity (Wildman–Crippen MR) is 74.2 cm³/mol. The van der Waals surface area contributed by atoms with E-state index in [9.17, 15) is 9.59 Å². The zero-order chi connectivity index (χ0) is 14.5. The van der Waals surface area contributed by atoms with Gasteiger partial charge in [0.1, 0.15) is 4.88 Å². The molecule has 3 rings (SSSR count). The molecule has 6 heteroatoms. The van der Waals surface area contributed by atoms with Crippen molar-refractivity contribution in [1.29, 1.82) is 0 Å². The molecule has 1 saturated carbocycles. The van der Waals surface area contributed by atoms with Crippen molar-refractivity contribution >= 4 is 23.2 Å². The van der Waals surface area contributed by atoms with Gasteiger partial charge in [0.25, 0.3) is 5.91 Å². The fourth-order valence-corrected chi connectivity index (χ4v) is 4.15. The Morgan fingerprint density at radius 2 is 2.10 bits per heavy atom. The summed E-state index contributed by atoms with van der Waals surface area (Å²) in [6.45, 7) is 4.95. The Morgan fingerprint density at radius 3 is 2.75 bits per heavy atom. The van der Waals surface area contributed by atoms with Gasteiger partial charge < -0.3 is 15.2 Å².